The smallest absolute Gasteiger partial charge is 0.124 e. The molecule has 0 saturated heterocycles. The Hall–Kier alpha value is -0.230. The van der Waals surface area contributed by atoms with Gasteiger partial charge in [0.25, 0.3) is 0 Å². The molecule has 1 nitrogen and oxygen atoms in total. The molecule has 0 fully saturated rings. The van der Waals surface area contributed by atoms with Gasteiger partial charge in [0.15, 0.2) is 0 Å². The van der Waals surface area contributed by atoms with Crippen LogP contribution in [-0.2, 0) is 0 Å². The molecule has 0 aliphatic rings. The summed E-state index contributed by atoms with van der Waals surface area (Å²) >= 11 is 10.2. The summed E-state index contributed by atoms with van der Waals surface area (Å²) in [4.78, 5) is 0. The molecule has 2 aromatic rings. The normalized spacial score (nSPS) is 12.5. The molecule has 1 N–H and O–H groups in total. The minimum atomic E-state index is -0.832. The molecule has 1 atom stereocenters. The Morgan fingerprint density at radius 2 is 1.58 bits per heavy atom. The maximum absolute atomic E-state index is 13.1. The SMILES string of the molecule is Cc1cc(Br)c(C(O)c2ccc(F)cc2Br)cc1Br. The Kier molecular flexibility index (Phi) is 4.82. The number of hydrogen-bond acceptors (Lipinski definition) is 1. The van der Waals surface area contributed by atoms with Crippen molar-refractivity contribution < 1.29 is 9.50 Å². The first-order valence-corrected chi connectivity index (χ1v) is 7.86. The van der Waals surface area contributed by atoms with Crippen LogP contribution >= 0.6 is 47.8 Å². The van der Waals surface area contributed by atoms with Gasteiger partial charge in [0.1, 0.15) is 11.9 Å². The van der Waals surface area contributed by atoms with Gasteiger partial charge in [-0.2, -0.15) is 0 Å². The molecule has 0 heterocycles. The van der Waals surface area contributed by atoms with Gasteiger partial charge >= 0.3 is 0 Å². The lowest BCUT2D eigenvalue weighted by atomic mass is 10.0. The van der Waals surface area contributed by atoms with Gasteiger partial charge in [-0.05, 0) is 42.3 Å². The Bertz CT molecular complexity index is 628. The maximum Gasteiger partial charge on any atom is 0.124 e. The van der Waals surface area contributed by atoms with Gasteiger partial charge in [-0.1, -0.05) is 53.9 Å². The highest BCUT2D eigenvalue weighted by Gasteiger charge is 2.18. The van der Waals surface area contributed by atoms with Gasteiger partial charge in [-0.15, -0.1) is 0 Å². The molecule has 0 aliphatic carbocycles. The van der Waals surface area contributed by atoms with E-state index in [1.807, 2.05) is 19.1 Å². The standard InChI is InChI=1S/C14H10Br3FO/c1-7-4-12(16)10(6-11(7)15)14(19)9-3-2-8(18)5-13(9)17/h2-6,14,19H,1H3. The first kappa shape index (κ1) is 15.2. The molecule has 100 valence electrons. The molecule has 0 saturated carbocycles. The topological polar surface area (TPSA) is 20.2 Å². The first-order chi connectivity index (χ1) is 8.90. The van der Waals surface area contributed by atoms with Crippen molar-refractivity contribution in [2.24, 2.45) is 0 Å². The number of aryl methyl sites for hydroxylation is 1. The van der Waals surface area contributed by atoms with Crippen LogP contribution in [0.1, 0.15) is 22.8 Å². The molecule has 0 aromatic heterocycles. The van der Waals surface area contributed by atoms with Crippen molar-refractivity contribution in [1.29, 1.82) is 0 Å². The second-order valence-corrected chi connectivity index (χ2v) is 6.75. The molecule has 2 aromatic carbocycles. The van der Waals surface area contributed by atoms with Crippen molar-refractivity contribution in [3.05, 3.63) is 66.3 Å². The lowest BCUT2D eigenvalue weighted by Gasteiger charge is -2.16. The van der Waals surface area contributed by atoms with Crippen molar-refractivity contribution in [2.75, 3.05) is 0 Å². The van der Waals surface area contributed by atoms with E-state index >= 15 is 0 Å². The van der Waals surface area contributed by atoms with Gasteiger partial charge < -0.3 is 5.11 Å². The minimum absolute atomic E-state index is 0.341. The minimum Gasteiger partial charge on any atom is -0.384 e. The van der Waals surface area contributed by atoms with E-state index in [1.54, 1.807) is 6.07 Å². The van der Waals surface area contributed by atoms with Crippen LogP contribution in [-0.4, -0.2) is 5.11 Å². The van der Waals surface area contributed by atoms with E-state index in [0.717, 1.165) is 20.1 Å². The molecular weight excluding hydrogens is 443 g/mol. The van der Waals surface area contributed by atoms with Crippen molar-refractivity contribution in [1.82, 2.24) is 0 Å². The quantitative estimate of drug-likeness (QED) is 0.637. The summed E-state index contributed by atoms with van der Waals surface area (Å²) in [5.41, 5.74) is 2.42. The van der Waals surface area contributed by atoms with Crippen molar-refractivity contribution >= 4 is 47.8 Å². The molecule has 5 heteroatoms. The molecule has 0 amide bonds. The number of rotatable bonds is 2. The fourth-order valence-corrected chi connectivity index (χ4v) is 3.37. The predicted octanol–water partition coefficient (Wildman–Crippen LogP) is 5.50. The second-order valence-electron chi connectivity index (χ2n) is 4.19. The monoisotopic (exact) mass is 450 g/mol. The van der Waals surface area contributed by atoms with Crippen LogP contribution in [0.2, 0.25) is 0 Å². The van der Waals surface area contributed by atoms with Crippen molar-refractivity contribution in [3.63, 3.8) is 0 Å². The number of halogens is 4. The fourth-order valence-electron chi connectivity index (χ4n) is 1.76. The Labute approximate surface area is 136 Å². The highest BCUT2D eigenvalue weighted by Crippen LogP contribution is 2.35. The highest BCUT2D eigenvalue weighted by atomic mass is 79.9. The van der Waals surface area contributed by atoms with Gasteiger partial charge in [0.05, 0.1) is 0 Å². The Balaban J connectivity index is 2.49. The van der Waals surface area contributed by atoms with Crippen molar-refractivity contribution in [2.45, 2.75) is 13.0 Å². The predicted molar refractivity (Wildman–Crippen MR) is 84.7 cm³/mol. The number of hydrogen-bond donors (Lipinski definition) is 1. The van der Waals surface area contributed by atoms with Crippen LogP contribution in [0.25, 0.3) is 0 Å². The van der Waals surface area contributed by atoms with E-state index in [1.165, 1.54) is 12.1 Å². The van der Waals surface area contributed by atoms with E-state index in [9.17, 15) is 9.50 Å². The van der Waals surface area contributed by atoms with Gasteiger partial charge in [0.2, 0.25) is 0 Å². The average molecular weight is 453 g/mol. The zero-order valence-electron chi connectivity index (χ0n) is 9.92. The largest absolute Gasteiger partial charge is 0.384 e. The Morgan fingerprint density at radius 1 is 0.947 bits per heavy atom. The summed E-state index contributed by atoms with van der Waals surface area (Å²) in [5, 5.41) is 10.5. The van der Waals surface area contributed by atoms with E-state index in [-0.39, 0.29) is 5.82 Å². The first-order valence-electron chi connectivity index (χ1n) is 5.48. The summed E-state index contributed by atoms with van der Waals surface area (Å²) in [6.45, 7) is 1.97. The van der Waals surface area contributed by atoms with Crippen LogP contribution in [0.15, 0.2) is 43.7 Å². The maximum atomic E-state index is 13.1. The lowest BCUT2D eigenvalue weighted by molar-refractivity contribution is 0.218. The molecule has 2 rings (SSSR count). The Morgan fingerprint density at radius 3 is 2.21 bits per heavy atom. The third-order valence-electron chi connectivity index (χ3n) is 2.83. The molecule has 19 heavy (non-hydrogen) atoms. The van der Waals surface area contributed by atoms with Gasteiger partial charge in [-0.3, -0.25) is 0 Å². The van der Waals surface area contributed by atoms with E-state index in [0.29, 0.717) is 10.0 Å². The van der Waals surface area contributed by atoms with E-state index in [4.69, 9.17) is 0 Å². The van der Waals surface area contributed by atoms with Crippen molar-refractivity contribution in [3.8, 4) is 0 Å². The van der Waals surface area contributed by atoms with Gasteiger partial charge in [-0.25, -0.2) is 4.39 Å². The molecule has 0 radical (unpaired) electrons. The van der Waals surface area contributed by atoms with Crippen LogP contribution in [0.5, 0.6) is 0 Å². The van der Waals surface area contributed by atoms with Gasteiger partial charge in [0, 0.05) is 19.0 Å². The molecule has 0 spiro atoms. The fraction of sp³-hybridized carbons (Fsp3) is 0.143. The lowest BCUT2D eigenvalue weighted by Crippen LogP contribution is -2.02. The summed E-state index contributed by atoms with van der Waals surface area (Å²) in [5.74, 6) is -0.341. The van der Waals surface area contributed by atoms with E-state index < -0.39 is 6.10 Å². The summed E-state index contributed by atoms with van der Waals surface area (Å²) in [7, 11) is 0. The summed E-state index contributed by atoms with van der Waals surface area (Å²) in [6.07, 6.45) is -0.832. The molecule has 1 unspecified atom stereocenters. The third-order valence-corrected chi connectivity index (χ3v) is 5.06. The summed E-state index contributed by atoms with van der Waals surface area (Å²) in [6, 6.07) is 8.04. The summed E-state index contributed by atoms with van der Waals surface area (Å²) < 4.78 is 15.4. The third kappa shape index (κ3) is 3.27. The number of aliphatic hydroxyl groups is 1. The molecular formula is C14H10Br3FO. The highest BCUT2D eigenvalue weighted by molar-refractivity contribution is 9.11. The average Bonchev–Trinajstić information content (AvgIpc) is 2.33. The zero-order valence-corrected chi connectivity index (χ0v) is 14.7. The zero-order chi connectivity index (χ0) is 14.2. The molecule has 0 bridgehead atoms. The van der Waals surface area contributed by atoms with Crippen LogP contribution < -0.4 is 0 Å². The van der Waals surface area contributed by atoms with Crippen LogP contribution in [0, 0.1) is 12.7 Å². The number of aliphatic hydroxyl groups excluding tert-OH is 1. The van der Waals surface area contributed by atoms with Crippen LogP contribution in [0.4, 0.5) is 4.39 Å². The van der Waals surface area contributed by atoms with Crippen LogP contribution in [0.3, 0.4) is 0 Å². The second kappa shape index (κ2) is 6.04. The van der Waals surface area contributed by atoms with E-state index in [2.05, 4.69) is 47.8 Å². The molecule has 0 aliphatic heterocycles. The number of benzene rings is 2.